The van der Waals surface area contributed by atoms with Crippen LogP contribution in [0.15, 0.2) is 18.3 Å². The van der Waals surface area contributed by atoms with Crippen molar-refractivity contribution < 1.29 is 4.74 Å². The number of nitrogens with zero attached hydrogens (tertiary/aromatic N) is 3. The predicted molar refractivity (Wildman–Crippen MR) is 86.3 cm³/mol. The topological polar surface area (TPSA) is 51.5 Å². The molecule has 0 radical (unpaired) electrons. The molecule has 0 aromatic carbocycles. The maximum atomic E-state index is 5.41. The van der Waals surface area contributed by atoms with Crippen LogP contribution >= 0.6 is 0 Å². The summed E-state index contributed by atoms with van der Waals surface area (Å²) in [6, 6.07) is 4.81. The number of fused-ring (bicyclic) bond motifs is 1. The van der Waals surface area contributed by atoms with Crippen molar-refractivity contribution in [3.8, 4) is 0 Å². The van der Waals surface area contributed by atoms with Crippen LogP contribution < -0.4 is 5.32 Å². The summed E-state index contributed by atoms with van der Waals surface area (Å²) in [5.41, 5.74) is 2.78. The van der Waals surface area contributed by atoms with E-state index in [9.17, 15) is 0 Å². The van der Waals surface area contributed by atoms with E-state index < -0.39 is 0 Å². The van der Waals surface area contributed by atoms with Crippen LogP contribution in [0.4, 0.5) is 5.95 Å². The summed E-state index contributed by atoms with van der Waals surface area (Å²) < 4.78 is 7.52. The lowest BCUT2D eigenvalue weighted by molar-refractivity contribution is 0.0903. The van der Waals surface area contributed by atoms with Gasteiger partial charge < -0.3 is 10.1 Å². The number of rotatable bonds is 4. The van der Waals surface area contributed by atoms with Gasteiger partial charge in [0, 0.05) is 30.4 Å². The van der Waals surface area contributed by atoms with Gasteiger partial charge in [-0.05, 0) is 44.2 Å². The summed E-state index contributed by atoms with van der Waals surface area (Å²) in [5, 5.41) is 8.25. The van der Waals surface area contributed by atoms with Crippen molar-refractivity contribution >= 4 is 11.5 Å². The number of ether oxygens (including phenoxy) is 1. The molecule has 3 heterocycles. The van der Waals surface area contributed by atoms with Crippen LogP contribution in [-0.4, -0.2) is 33.9 Å². The number of nitrogens with one attached hydrogen (secondary N) is 1. The number of aromatic nitrogens is 3. The quantitative estimate of drug-likeness (QED) is 0.942. The van der Waals surface area contributed by atoms with Crippen molar-refractivity contribution in [2.24, 2.45) is 0 Å². The van der Waals surface area contributed by atoms with Gasteiger partial charge in [-0.2, -0.15) is 0 Å². The Labute approximate surface area is 131 Å². The van der Waals surface area contributed by atoms with Gasteiger partial charge >= 0.3 is 0 Å². The van der Waals surface area contributed by atoms with Crippen molar-refractivity contribution in [3.63, 3.8) is 0 Å². The van der Waals surface area contributed by atoms with Gasteiger partial charge in [0.05, 0.1) is 11.7 Å². The first-order valence-corrected chi connectivity index (χ1v) is 8.50. The molecule has 1 aliphatic carbocycles. The SMILES string of the molecule is CCC1(c2ccc3cnc(NC4CCOCC4)nn23)CCC1. The number of hydrogen-bond donors (Lipinski definition) is 1. The smallest absolute Gasteiger partial charge is 0.241 e. The van der Waals surface area contributed by atoms with E-state index in [2.05, 4.69) is 33.9 Å². The molecule has 2 aliphatic rings. The van der Waals surface area contributed by atoms with Gasteiger partial charge in [-0.3, -0.25) is 0 Å². The Bertz CT molecular complexity index is 650. The Hall–Kier alpha value is -1.62. The summed E-state index contributed by atoms with van der Waals surface area (Å²) in [6.45, 7) is 3.95. The largest absolute Gasteiger partial charge is 0.381 e. The van der Waals surface area contributed by atoms with Gasteiger partial charge in [-0.25, -0.2) is 9.50 Å². The van der Waals surface area contributed by atoms with Gasteiger partial charge in [-0.15, -0.1) is 5.10 Å². The highest BCUT2D eigenvalue weighted by Gasteiger charge is 2.39. The second-order valence-corrected chi connectivity index (χ2v) is 6.66. The lowest BCUT2D eigenvalue weighted by Gasteiger charge is -2.40. The normalized spacial score (nSPS) is 21.7. The third-order valence-electron chi connectivity index (χ3n) is 5.48. The maximum Gasteiger partial charge on any atom is 0.241 e. The van der Waals surface area contributed by atoms with Crippen LogP contribution in [0, 0.1) is 0 Å². The zero-order chi connectivity index (χ0) is 15.0. The van der Waals surface area contributed by atoms with Crippen molar-refractivity contribution in [2.75, 3.05) is 18.5 Å². The highest BCUT2D eigenvalue weighted by molar-refractivity contribution is 5.50. The molecule has 5 heteroatoms. The van der Waals surface area contributed by atoms with E-state index in [1.165, 1.54) is 31.4 Å². The minimum Gasteiger partial charge on any atom is -0.381 e. The summed E-state index contributed by atoms with van der Waals surface area (Å²) in [6.07, 6.45) is 9.06. The fraction of sp³-hybridized carbons (Fsp3) is 0.647. The minimum absolute atomic E-state index is 0.330. The molecule has 2 aromatic rings. The Kier molecular flexibility index (Phi) is 3.53. The van der Waals surface area contributed by atoms with Crippen LogP contribution in [0.3, 0.4) is 0 Å². The molecular weight excluding hydrogens is 276 g/mol. The van der Waals surface area contributed by atoms with E-state index in [4.69, 9.17) is 9.84 Å². The van der Waals surface area contributed by atoms with Crippen LogP contribution in [0.25, 0.3) is 5.52 Å². The highest BCUT2D eigenvalue weighted by atomic mass is 16.5. The van der Waals surface area contributed by atoms with Gasteiger partial charge in [0.1, 0.15) is 0 Å². The molecule has 0 atom stereocenters. The zero-order valence-electron chi connectivity index (χ0n) is 13.2. The van der Waals surface area contributed by atoms with Crippen LogP contribution in [-0.2, 0) is 10.2 Å². The second-order valence-electron chi connectivity index (χ2n) is 6.66. The van der Waals surface area contributed by atoms with E-state index in [0.29, 0.717) is 11.5 Å². The second kappa shape index (κ2) is 5.54. The van der Waals surface area contributed by atoms with E-state index in [0.717, 1.165) is 37.5 Å². The number of anilines is 1. The summed E-state index contributed by atoms with van der Waals surface area (Å²) in [4.78, 5) is 4.48. The summed E-state index contributed by atoms with van der Waals surface area (Å²) >= 11 is 0. The zero-order valence-corrected chi connectivity index (χ0v) is 13.2. The van der Waals surface area contributed by atoms with Crippen molar-refractivity contribution in [2.45, 2.75) is 56.9 Å². The molecule has 22 heavy (non-hydrogen) atoms. The van der Waals surface area contributed by atoms with E-state index in [1.54, 1.807) is 0 Å². The van der Waals surface area contributed by atoms with Gasteiger partial charge in [0.15, 0.2) is 0 Å². The van der Waals surface area contributed by atoms with Crippen LogP contribution in [0.2, 0.25) is 0 Å². The van der Waals surface area contributed by atoms with Crippen LogP contribution in [0.5, 0.6) is 0 Å². The Balaban J connectivity index is 1.64. The lowest BCUT2D eigenvalue weighted by Crippen LogP contribution is -2.35. The number of hydrogen-bond acceptors (Lipinski definition) is 4. The fourth-order valence-electron chi connectivity index (χ4n) is 3.79. The summed E-state index contributed by atoms with van der Waals surface area (Å²) in [5.74, 6) is 0.738. The molecule has 2 fully saturated rings. The molecule has 5 nitrogen and oxygen atoms in total. The first-order valence-electron chi connectivity index (χ1n) is 8.50. The molecule has 1 aliphatic heterocycles. The maximum absolute atomic E-state index is 5.41. The van der Waals surface area contributed by atoms with Gasteiger partial charge in [-0.1, -0.05) is 13.3 Å². The van der Waals surface area contributed by atoms with Crippen molar-refractivity contribution in [1.82, 2.24) is 14.6 Å². The van der Waals surface area contributed by atoms with Crippen molar-refractivity contribution in [1.29, 1.82) is 0 Å². The molecule has 2 aromatic heterocycles. The molecule has 0 bridgehead atoms. The van der Waals surface area contributed by atoms with Gasteiger partial charge in [0.25, 0.3) is 0 Å². The molecular formula is C17H24N4O. The highest BCUT2D eigenvalue weighted by Crippen LogP contribution is 2.46. The van der Waals surface area contributed by atoms with E-state index >= 15 is 0 Å². The van der Waals surface area contributed by atoms with E-state index in [-0.39, 0.29) is 0 Å². The fourth-order valence-corrected chi connectivity index (χ4v) is 3.79. The molecule has 0 unspecified atom stereocenters. The van der Waals surface area contributed by atoms with Crippen LogP contribution in [0.1, 0.15) is 51.1 Å². The van der Waals surface area contributed by atoms with E-state index in [1.807, 2.05) is 6.20 Å². The third-order valence-corrected chi connectivity index (χ3v) is 5.48. The molecule has 0 amide bonds. The molecule has 4 rings (SSSR count). The predicted octanol–water partition coefficient (Wildman–Crippen LogP) is 3.15. The molecule has 0 spiro atoms. The molecule has 1 N–H and O–H groups in total. The molecule has 118 valence electrons. The lowest BCUT2D eigenvalue weighted by atomic mass is 9.65. The Morgan fingerprint density at radius 2 is 2.14 bits per heavy atom. The molecule has 1 saturated heterocycles. The average Bonchev–Trinajstić information content (AvgIpc) is 2.92. The first kappa shape index (κ1) is 14.0. The minimum atomic E-state index is 0.330. The third kappa shape index (κ3) is 2.28. The monoisotopic (exact) mass is 300 g/mol. The molecule has 1 saturated carbocycles. The Morgan fingerprint density at radius 3 is 2.82 bits per heavy atom. The first-order chi connectivity index (χ1) is 10.8. The standard InChI is InChI=1S/C17H24N4O/c1-2-17(8-3-9-17)15-5-4-14-12-18-16(20-21(14)15)19-13-6-10-22-11-7-13/h4-5,12-13H,2-3,6-11H2,1H3,(H,19,20). The Morgan fingerprint density at radius 1 is 1.32 bits per heavy atom. The van der Waals surface area contributed by atoms with Gasteiger partial charge in [0.2, 0.25) is 5.95 Å². The summed E-state index contributed by atoms with van der Waals surface area (Å²) in [7, 11) is 0. The average molecular weight is 300 g/mol. The van der Waals surface area contributed by atoms with Crippen molar-refractivity contribution in [3.05, 3.63) is 24.0 Å².